The van der Waals surface area contributed by atoms with Crippen molar-refractivity contribution in [1.29, 1.82) is 0 Å². The molecule has 4 rings (SSSR count). The van der Waals surface area contributed by atoms with Crippen LogP contribution in [0.25, 0.3) is 11.2 Å². The van der Waals surface area contributed by atoms with E-state index in [1.807, 2.05) is 24.3 Å². The van der Waals surface area contributed by atoms with Crippen LogP contribution in [-0.4, -0.2) is 28.8 Å². The van der Waals surface area contributed by atoms with E-state index in [4.69, 9.17) is 16.1 Å². The molecule has 0 N–H and O–H groups in total. The van der Waals surface area contributed by atoms with E-state index in [9.17, 15) is 9.59 Å². The summed E-state index contributed by atoms with van der Waals surface area (Å²) in [5.41, 5.74) is -0.278. The minimum atomic E-state index is -0.494. The summed E-state index contributed by atoms with van der Waals surface area (Å²) in [6.45, 7) is -0.106. The van der Waals surface area contributed by atoms with Crippen molar-refractivity contribution in [3.8, 4) is 0 Å². The van der Waals surface area contributed by atoms with Gasteiger partial charge in [0.15, 0.2) is 17.0 Å². The second-order valence-corrected chi connectivity index (χ2v) is 7.59. The molecule has 0 fully saturated rings. The summed E-state index contributed by atoms with van der Waals surface area (Å²) in [6, 6.07) is 7.42. The Labute approximate surface area is 167 Å². The summed E-state index contributed by atoms with van der Waals surface area (Å²) in [5.74, 6) is 1.15. The van der Waals surface area contributed by atoms with Gasteiger partial charge in [-0.15, -0.1) is 11.8 Å². The van der Waals surface area contributed by atoms with Crippen molar-refractivity contribution in [3.05, 3.63) is 68.2 Å². The molecule has 1 aromatic carbocycles. The van der Waals surface area contributed by atoms with Crippen molar-refractivity contribution in [2.45, 2.75) is 17.2 Å². The standard InChI is InChI=1S/C17H15ClN6O3S/c1-22-9-19-15-14(22)16(25)24(17(26)23(15)2)7-13-20-12(21-27-13)8-28-11-5-3-10(18)4-6-11/h3-6,9H,7-8H2,1-2H3. The van der Waals surface area contributed by atoms with Gasteiger partial charge in [-0.05, 0) is 24.3 Å². The van der Waals surface area contributed by atoms with Crippen LogP contribution in [0.1, 0.15) is 11.7 Å². The lowest BCUT2D eigenvalue weighted by molar-refractivity contribution is 0.363. The van der Waals surface area contributed by atoms with Crippen LogP contribution in [0.5, 0.6) is 0 Å². The van der Waals surface area contributed by atoms with Gasteiger partial charge < -0.3 is 9.09 Å². The van der Waals surface area contributed by atoms with E-state index >= 15 is 0 Å². The maximum atomic E-state index is 12.7. The summed E-state index contributed by atoms with van der Waals surface area (Å²) in [7, 11) is 3.26. The van der Waals surface area contributed by atoms with E-state index in [2.05, 4.69) is 15.1 Å². The lowest BCUT2D eigenvalue weighted by atomic mass is 10.4. The minimum absolute atomic E-state index is 0.106. The Morgan fingerprint density at radius 2 is 1.93 bits per heavy atom. The van der Waals surface area contributed by atoms with E-state index in [-0.39, 0.29) is 12.4 Å². The van der Waals surface area contributed by atoms with Gasteiger partial charge in [0.05, 0.1) is 12.1 Å². The molecule has 3 heterocycles. The number of halogens is 1. The molecule has 0 radical (unpaired) electrons. The topological polar surface area (TPSA) is 101 Å². The zero-order valence-corrected chi connectivity index (χ0v) is 16.6. The molecule has 0 saturated carbocycles. The summed E-state index contributed by atoms with van der Waals surface area (Å²) in [5, 5.41) is 4.59. The zero-order chi connectivity index (χ0) is 19.8. The molecule has 0 aliphatic carbocycles. The van der Waals surface area contributed by atoms with Crippen LogP contribution >= 0.6 is 23.4 Å². The Bertz CT molecular complexity index is 1270. The van der Waals surface area contributed by atoms with Crippen LogP contribution in [0, 0.1) is 0 Å². The van der Waals surface area contributed by atoms with Gasteiger partial charge in [-0.1, -0.05) is 16.8 Å². The van der Waals surface area contributed by atoms with Crippen LogP contribution in [0.4, 0.5) is 0 Å². The minimum Gasteiger partial charge on any atom is -0.337 e. The second kappa shape index (κ2) is 7.28. The highest BCUT2D eigenvalue weighted by Gasteiger charge is 2.17. The number of thioether (sulfide) groups is 1. The normalized spacial score (nSPS) is 11.4. The third kappa shape index (κ3) is 3.36. The molecule has 4 aromatic rings. The first kappa shape index (κ1) is 18.5. The molecular formula is C17H15ClN6O3S. The van der Waals surface area contributed by atoms with Gasteiger partial charge in [-0.25, -0.2) is 14.3 Å². The van der Waals surface area contributed by atoms with Crippen molar-refractivity contribution in [3.63, 3.8) is 0 Å². The number of imidazole rings is 1. The largest absolute Gasteiger partial charge is 0.337 e. The van der Waals surface area contributed by atoms with E-state index in [1.165, 1.54) is 22.7 Å². The predicted octanol–water partition coefficient (Wildman–Crippen LogP) is 1.81. The Kier molecular flexibility index (Phi) is 4.82. The number of aryl methyl sites for hydroxylation is 2. The average Bonchev–Trinajstić information content (AvgIpc) is 3.29. The number of benzene rings is 1. The van der Waals surface area contributed by atoms with Crippen molar-refractivity contribution in [1.82, 2.24) is 28.8 Å². The van der Waals surface area contributed by atoms with Crippen molar-refractivity contribution < 1.29 is 4.52 Å². The monoisotopic (exact) mass is 418 g/mol. The molecule has 0 saturated heterocycles. The van der Waals surface area contributed by atoms with Gasteiger partial charge in [0, 0.05) is 24.0 Å². The van der Waals surface area contributed by atoms with Crippen LogP contribution in [0.15, 0.2) is 49.6 Å². The molecule has 9 nitrogen and oxygen atoms in total. The first-order valence-corrected chi connectivity index (χ1v) is 9.61. The van der Waals surface area contributed by atoms with E-state index < -0.39 is 11.2 Å². The highest BCUT2D eigenvalue weighted by atomic mass is 35.5. The molecule has 0 aliphatic rings. The number of fused-ring (bicyclic) bond motifs is 1. The molecule has 0 unspecified atom stereocenters. The van der Waals surface area contributed by atoms with Crippen LogP contribution in [0.2, 0.25) is 5.02 Å². The summed E-state index contributed by atoms with van der Waals surface area (Å²) in [4.78, 5) is 34.7. The van der Waals surface area contributed by atoms with Gasteiger partial charge in [-0.2, -0.15) is 4.98 Å². The summed E-state index contributed by atoms with van der Waals surface area (Å²) < 4.78 is 9.19. The maximum absolute atomic E-state index is 12.7. The Balaban J connectivity index is 1.57. The molecular weight excluding hydrogens is 404 g/mol. The van der Waals surface area contributed by atoms with Gasteiger partial charge in [0.1, 0.15) is 6.54 Å². The van der Waals surface area contributed by atoms with E-state index in [0.717, 1.165) is 9.46 Å². The summed E-state index contributed by atoms with van der Waals surface area (Å²) >= 11 is 7.40. The predicted molar refractivity (Wildman–Crippen MR) is 105 cm³/mol. The van der Waals surface area contributed by atoms with Crippen molar-refractivity contribution >= 4 is 34.5 Å². The molecule has 144 valence electrons. The lowest BCUT2D eigenvalue weighted by Gasteiger charge is -2.06. The molecule has 0 bridgehead atoms. The fourth-order valence-corrected chi connectivity index (χ4v) is 3.63. The zero-order valence-electron chi connectivity index (χ0n) is 15.0. The molecule has 28 heavy (non-hydrogen) atoms. The fourth-order valence-electron chi connectivity index (χ4n) is 2.76. The first-order valence-electron chi connectivity index (χ1n) is 8.24. The van der Waals surface area contributed by atoms with Crippen molar-refractivity contribution in [2.24, 2.45) is 14.1 Å². The van der Waals surface area contributed by atoms with E-state index in [1.54, 1.807) is 18.7 Å². The van der Waals surface area contributed by atoms with Gasteiger partial charge >= 0.3 is 5.69 Å². The quantitative estimate of drug-likeness (QED) is 0.455. The molecule has 0 spiro atoms. The first-order chi connectivity index (χ1) is 13.4. The summed E-state index contributed by atoms with van der Waals surface area (Å²) in [6.07, 6.45) is 1.49. The third-order valence-corrected chi connectivity index (χ3v) is 5.45. The smallest absolute Gasteiger partial charge is 0.332 e. The van der Waals surface area contributed by atoms with Crippen LogP contribution in [0.3, 0.4) is 0 Å². The van der Waals surface area contributed by atoms with Gasteiger partial charge in [0.25, 0.3) is 5.56 Å². The highest BCUT2D eigenvalue weighted by molar-refractivity contribution is 7.98. The number of hydrogen-bond donors (Lipinski definition) is 0. The molecule has 3 aromatic heterocycles. The molecule has 0 amide bonds. The van der Waals surface area contributed by atoms with Gasteiger partial charge in [-0.3, -0.25) is 9.36 Å². The number of hydrogen-bond acceptors (Lipinski definition) is 7. The number of rotatable bonds is 5. The SMILES string of the molecule is Cn1cnc2c1c(=O)n(Cc1nc(CSc3ccc(Cl)cc3)no1)c(=O)n2C. The van der Waals surface area contributed by atoms with Crippen molar-refractivity contribution in [2.75, 3.05) is 0 Å². The molecule has 0 aliphatic heterocycles. The van der Waals surface area contributed by atoms with E-state index in [0.29, 0.717) is 27.8 Å². The number of nitrogens with zero attached hydrogens (tertiary/aromatic N) is 6. The lowest BCUT2D eigenvalue weighted by Crippen LogP contribution is -2.39. The maximum Gasteiger partial charge on any atom is 0.332 e. The molecule has 0 atom stereocenters. The van der Waals surface area contributed by atoms with Crippen LogP contribution < -0.4 is 11.2 Å². The van der Waals surface area contributed by atoms with Gasteiger partial charge in [0.2, 0.25) is 5.89 Å². The third-order valence-electron chi connectivity index (χ3n) is 4.19. The number of aromatic nitrogens is 6. The Morgan fingerprint density at radius 1 is 1.18 bits per heavy atom. The average molecular weight is 419 g/mol. The Morgan fingerprint density at radius 3 is 2.68 bits per heavy atom. The fraction of sp³-hybridized carbons (Fsp3) is 0.235. The molecule has 11 heteroatoms. The Hall–Kier alpha value is -2.85. The van der Waals surface area contributed by atoms with Crippen LogP contribution in [-0.2, 0) is 26.4 Å². The second-order valence-electron chi connectivity index (χ2n) is 6.11. The highest BCUT2D eigenvalue weighted by Crippen LogP contribution is 2.23.